The van der Waals surface area contributed by atoms with Crippen LogP contribution in [-0.2, 0) is 21.2 Å². The number of benzene rings is 2. The van der Waals surface area contributed by atoms with Gasteiger partial charge in [0, 0.05) is 44.3 Å². The van der Waals surface area contributed by atoms with Crippen LogP contribution in [0, 0.1) is 0 Å². The predicted molar refractivity (Wildman–Crippen MR) is 127 cm³/mol. The molecule has 0 atom stereocenters. The van der Waals surface area contributed by atoms with Gasteiger partial charge in [0.25, 0.3) is 5.91 Å². The first kappa shape index (κ1) is 24.8. The lowest BCUT2D eigenvalue weighted by Gasteiger charge is -2.34. The van der Waals surface area contributed by atoms with Crippen LogP contribution in [0.2, 0.25) is 10.0 Å². The van der Waals surface area contributed by atoms with Crippen LogP contribution < -0.4 is 10.1 Å². The molecule has 32 heavy (non-hydrogen) atoms. The van der Waals surface area contributed by atoms with Crippen molar-refractivity contribution in [2.24, 2.45) is 0 Å². The second-order valence-corrected chi connectivity index (χ2v) is 10.4. The molecule has 0 unspecified atom stereocenters. The molecule has 0 aliphatic carbocycles. The van der Waals surface area contributed by atoms with E-state index in [0.717, 1.165) is 13.0 Å². The SMILES string of the molecule is O=C(COc1ccc(Cl)cc1Cl)NCCS(=O)(=O)N1CCN(CCc2ccccc2)CC1. The number of nitrogens with zero attached hydrogens (tertiary/aromatic N) is 2. The molecule has 0 bridgehead atoms. The fourth-order valence-corrected chi connectivity index (χ4v) is 5.20. The second kappa shape index (κ2) is 11.9. The van der Waals surface area contributed by atoms with Crippen molar-refractivity contribution in [3.63, 3.8) is 0 Å². The number of rotatable bonds is 10. The van der Waals surface area contributed by atoms with Crippen LogP contribution in [0.1, 0.15) is 5.56 Å². The van der Waals surface area contributed by atoms with Crippen molar-refractivity contribution < 1.29 is 17.9 Å². The van der Waals surface area contributed by atoms with Crippen molar-refractivity contribution in [1.82, 2.24) is 14.5 Å². The predicted octanol–water partition coefficient (Wildman–Crippen LogP) is 2.68. The fourth-order valence-electron chi connectivity index (χ4n) is 3.40. The molecule has 1 aliphatic rings. The molecular weight excluding hydrogens is 473 g/mol. The molecule has 0 aromatic heterocycles. The smallest absolute Gasteiger partial charge is 0.257 e. The van der Waals surface area contributed by atoms with Crippen LogP contribution in [0.4, 0.5) is 0 Å². The number of halogens is 2. The van der Waals surface area contributed by atoms with Crippen LogP contribution in [0.15, 0.2) is 48.5 Å². The van der Waals surface area contributed by atoms with Gasteiger partial charge >= 0.3 is 0 Å². The van der Waals surface area contributed by atoms with Crippen LogP contribution in [0.5, 0.6) is 5.75 Å². The zero-order chi connectivity index (χ0) is 23.0. The van der Waals surface area contributed by atoms with Crippen LogP contribution >= 0.6 is 23.2 Å². The summed E-state index contributed by atoms with van der Waals surface area (Å²) in [5, 5.41) is 3.35. The Morgan fingerprint density at radius 1 is 1.03 bits per heavy atom. The van der Waals surface area contributed by atoms with E-state index in [1.807, 2.05) is 18.2 Å². The van der Waals surface area contributed by atoms with Gasteiger partial charge in [0.15, 0.2) is 6.61 Å². The molecule has 1 heterocycles. The summed E-state index contributed by atoms with van der Waals surface area (Å²) < 4.78 is 32.1. The number of piperazine rings is 1. The van der Waals surface area contributed by atoms with Gasteiger partial charge in [-0.3, -0.25) is 4.79 Å². The fraction of sp³-hybridized carbons (Fsp3) is 0.409. The Morgan fingerprint density at radius 3 is 2.44 bits per heavy atom. The number of hydrogen-bond acceptors (Lipinski definition) is 5. The molecule has 1 saturated heterocycles. The summed E-state index contributed by atoms with van der Waals surface area (Å²) >= 11 is 11.8. The molecule has 1 fully saturated rings. The molecule has 1 aliphatic heterocycles. The Morgan fingerprint density at radius 2 is 1.75 bits per heavy atom. The minimum atomic E-state index is -3.43. The van der Waals surface area contributed by atoms with E-state index in [4.69, 9.17) is 27.9 Å². The minimum Gasteiger partial charge on any atom is -0.482 e. The standard InChI is InChI=1S/C22H27Cl2N3O4S/c23-19-6-7-21(20(24)16-19)31-17-22(28)25-9-15-32(29,30)27-13-11-26(12-14-27)10-8-18-4-2-1-3-5-18/h1-7,16H,8-15,17H2,(H,25,28). The van der Waals surface area contributed by atoms with Gasteiger partial charge in [0.05, 0.1) is 10.8 Å². The lowest BCUT2D eigenvalue weighted by molar-refractivity contribution is -0.122. The van der Waals surface area contributed by atoms with Gasteiger partial charge in [-0.15, -0.1) is 0 Å². The maximum atomic E-state index is 12.6. The van der Waals surface area contributed by atoms with E-state index in [1.54, 1.807) is 12.1 Å². The summed E-state index contributed by atoms with van der Waals surface area (Å²) in [7, 11) is -3.43. The van der Waals surface area contributed by atoms with Crippen molar-refractivity contribution in [1.29, 1.82) is 0 Å². The van der Waals surface area contributed by atoms with E-state index in [1.165, 1.54) is 15.9 Å². The molecule has 1 amide bonds. The molecule has 174 valence electrons. The summed E-state index contributed by atoms with van der Waals surface area (Å²) in [5.74, 6) is -0.231. The molecule has 0 radical (unpaired) electrons. The summed E-state index contributed by atoms with van der Waals surface area (Å²) in [4.78, 5) is 14.2. The third kappa shape index (κ3) is 7.64. The lowest BCUT2D eigenvalue weighted by Crippen LogP contribution is -2.50. The van der Waals surface area contributed by atoms with E-state index in [9.17, 15) is 13.2 Å². The highest BCUT2D eigenvalue weighted by Gasteiger charge is 2.26. The Bertz CT molecular complexity index is 997. The highest BCUT2D eigenvalue weighted by atomic mass is 35.5. The molecular formula is C22H27Cl2N3O4S. The first-order valence-electron chi connectivity index (χ1n) is 10.4. The van der Waals surface area contributed by atoms with Crippen molar-refractivity contribution in [3.8, 4) is 5.75 Å². The number of hydrogen-bond donors (Lipinski definition) is 1. The Kier molecular flexibility index (Phi) is 9.19. The first-order chi connectivity index (χ1) is 15.3. The number of carbonyl (C=O) groups excluding carboxylic acids is 1. The average Bonchev–Trinajstić information content (AvgIpc) is 2.78. The minimum absolute atomic E-state index is 0.0209. The number of ether oxygens (including phenoxy) is 1. The third-order valence-corrected chi connectivity index (χ3v) is 7.62. The highest BCUT2D eigenvalue weighted by Crippen LogP contribution is 2.27. The average molecular weight is 500 g/mol. The quantitative estimate of drug-likeness (QED) is 0.543. The van der Waals surface area contributed by atoms with Crippen LogP contribution in [-0.4, -0.2) is 75.2 Å². The van der Waals surface area contributed by atoms with Gasteiger partial charge in [0.1, 0.15) is 5.75 Å². The summed E-state index contributed by atoms with van der Waals surface area (Å²) in [5.41, 5.74) is 1.28. The molecule has 0 saturated carbocycles. The van der Waals surface area contributed by atoms with Crippen molar-refractivity contribution in [3.05, 3.63) is 64.1 Å². The lowest BCUT2D eigenvalue weighted by atomic mass is 10.1. The second-order valence-electron chi connectivity index (χ2n) is 7.51. The van der Waals surface area contributed by atoms with Crippen LogP contribution in [0.25, 0.3) is 0 Å². The van der Waals surface area contributed by atoms with Gasteiger partial charge in [-0.1, -0.05) is 53.5 Å². The van der Waals surface area contributed by atoms with E-state index in [0.29, 0.717) is 42.0 Å². The van der Waals surface area contributed by atoms with E-state index in [2.05, 4.69) is 22.3 Å². The normalized spacial score (nSPS) is 15.4. The van der Waals surface area contributed by atoms with Crippen LogP contribution in [0.3, 0.4) is 0 Å². The summed E-state index contributed by atoms with van der Waals surface area (Å²) in [6.07, 6.45) is 0.947. The monoisotopic (exact) mass is 499 g/mol. The molecule has 10 heteroatoms. The van der Waals surface area contributed by atoms with Gasteiger partial charge in [-0.25, -0.2) is 8.42 Å². The van der Waals surface area contributed by atoms with E-state index < -0.39 is 15.9 Å². The Hall–Kier alpha value is -1.84. The maximum Gasteiger partial charge on any atom is 0.257 e. The van der Waals surface area contributed by atoms with Gasteiger partial charge in [-0.05, 0) is 30.2 Å². The zero-order valence-electron chi connectivity index (χ0n) is 17.7. The largest absolute Gasteiger partial charge is 0.482 e. The molecule has 7 nitrogen and oxygen atoms in total. The topological polar surface area (TPSA) is 78.9 Å². The van der Waals surface area contributed by atoms with Crippen molar-refractivity contribution in [2.45, 2.75) is 6.42 Å². The molecule has 2 aromatic carbocycles. The highest BCUT2D eigenvalue weighted by molar-refractivity contribution is 7.89. The van der Waals surface area contributed by atoms with Crippen molar-refractivity contribution >= 4 is 39.1 Å². The summed E-state index contributed by atoms with van der Waals surface area (Å²) in [6, 6.07) is 14.9. The zero-order valence-corrected chi connectivity index (χ0v) is 20.0. The van der Waals surface area contributed by atoms with Gasteiger partial charge in [0.2, 0.25) is 10.0 Å². The van der Waals surface area contributed by atoms with Gasteiger partial charge < -0.3 is 15.0 Å². The number of amides is 1. The first-order valence-corrected chi connectivity index (χ1v) is 12.8. The molecule has 0 spiro atoms. The molecule has 1 N–H and O–H groups in total. The number of sulfonamides is 1. The Balaban J connectivity index is 1.34. The summed E-state index contributed by atoms with van der Waals surface area (Å²) in [6.45, 7) is 2.99. The Labute approximate surface area is 199 Å². The van der Waals surface area contributed by atoms with Crippen molar-refractivity contribution in [2.75, 3.05) is 51.6 Å². The van der Waals surface area contributed by atoms with E-state index in [-0.39, 0.29) is 18.9 Å². The number of nitrogens with one attached hydrogen (secondary N) is 1. The molecule has 2 aromatic rings. The maximum absolute atomic E-state index is 12.6. The van der Waals surface area contributed by atoms with Gasteiger partial charge in [-0.2, -0.15) is 4.31 Å². The molecule has 3 rings (SSSR count). The third-order valence-electron chi connectivity index (χ3n) is 5.22. The number of carbonyl (C=O) groups is 1. The van der Waals surface area contributed by atoms with E-state index >= 15 is 0 Å².